The lowest BCUT2D eigenvalue weighted by atomic mass is 9.74. The van der Waals surface area contributed by atoms with E-state index in [0.717, 1.165) is 11.3 Å². The van der Waals surface area contributed by atoms with Gasteiger partial charge in [0, 0.05) is 16.8 Å². The average Bonchev–Trinajstić information content (AvgIpc) is 2.24. The average molecular weight is 217 g/mol. The Kier molecular flexibility index (Phi) is 2.99. The summed E-state index contributed by atoms with van der Waals surface area (Å²) in [5, 5.41) is 3.60. The number of Topliss-reactive ketones (excluding diaryl/α,β-unsaturated/α-hetero) is 1. The highest BCUT2D eigenvalue weighted by Crippen LogP contribution is 2.37. The van der Waals surface area contributed by atoms with Gasteiger partial charge in [-0.25, -0.2) is 0 Å². The molecule has 1 aliphatic carbocycles. The summed E-state index contributed by atoms with van der Waals surface area (Å²) in [7, 11) is 0. The molecule has 0 saturated heterocycles. The first-order valence-corrected chi connectivity index (χ1v) is 6.04. The zero-order valence-electron chi connectivity index (χ0n) is 10.0. The number of hydrogen-bond acceptors (Lipinski definition) is 2. The molecule has 2 heteroatoms. The van der Waals surface area contributed by atoms with Crippen molar-refractivity contribution in [1.82, 2.24) is 0 Å². The first kappa shape index (κ1) is 11.2. The highest BCUT2D eigenvalue weighted by Gasteiger charge is 2.34. The molecule has 0 spiro atoms. The summed E-state index contributed by atoms with van der Waals surface area (Å²) in [6.07, 6.45) is 5.02. The Balaban J connectivity index is 2.07. The minimum absolute atomic E-state index is 0.125. The van der Waals surface area contributed by atoms with E-state index in [9.17, 15) is 4.79 Å². The molecule has 0 heterocycles. The highest BCUT2D eigenvalue weighted by atomic mass is 16.1. The molecule has 1 N–H and O–H groups in total. The summed E-state index contributed by atoms with van der Waals surface area (Å²) in [5.41, 5.74) is 2.23. The summed E-state index contributed by atoms with van der Waals surface area (Å²) in [5.74, 6) is 0.125. The van der Waals surface area contributed by atoms with Gasteiger partial charge < -0.3 is 5.32 Å². The second-order valence-corrected chi connectivity index (χ2v) is 4.75. The molecule has 0 amide bonds. The minimum Gasteiger partial charge on any atom is -0.380 e. The van der Waals surface area contributed by atoms with E-state index in [1.807, 2.05) is 24.3 Å². The van der Waals surface area contributed by atoms with Crippen molar-refractivity contribution >= 4 is 11.5 Å². The van der Waals surface area contributed by atoms with Crippen molar-refractivity contribution in [2.45, 2.75) is 45.1 Å². The summed E-state index contributed by atoms with van der Waals surface area (Å²) >= 11 is 0. The van der Waals surface area contributed by atoms with Crippen molar-refractivity contribution in [2.24, 2.45) is 0 Å². The number of nitrogens with one attached hydrogen (secondary N) is 1. The lowest BCUT2D eigenvalue weighted by molar-refractivity contribution is 0.101. The van der Waals surface area contributed by atoms with Crippen molar-refractivity contribution < 1.29 is 4.79 Å². The largest absolute Gasteiger partial charge is 0.380 e. The van der Waals surface area contributed by atoms with Crippen LogP contribution in [-0.2, 0) is 0 Å². The molecule has 0 radical (unpaired) electrons. The zero-order chi connectivity index (χ0) is 11.6. The number of rotatable bonds is 4. The first-order chi connectivity index (χ1) is 7.65. The fourth-order valence-electron chi connectivity index (χ4n) is 2.26. The fourth-order valence-corrected chi connectivity index (χ4v) is 2.26. The van der Waals surface area contributed by atoms with Crippen LogP contribution in [0.3, 0.4) is 0 Å². The van der Waals surface area contributed by atoms with Crippen LogP contribution in [0.25, 0.3) is 0 Å². The van der Waals surface area contributed by atoms with Crippen molar-refractivity contribution in [1.29, 1.82) is 0 Å². The van der Waals surface area contributed by atoms with E-state index in [1.165, 1.54) is 25.7 Å². The summed E-state index contributed by atoms with van der Waals surface area (Å²) in [6, 6.07) is 7.80. The molecule has 1 aromatic rings. The maximum absolute atomic E-state index is 11.1. The third-order valence-electron chi connectivity index (χ3n) is 3.69. The van der Waals surface area contributed by atoms with Gasteiger partial charge in [0.1, 0.15) is 0 Å². The van der Waals surface area contributed by atoms with Gasteiger partial charge in [-0.1, -0.05) is 6.92 Å². The molecule has 1 aromatic carbocycles. The van der Waals surface area contributed by atoms with Crippen LogP contribution in [0, 0.1) is 0 Å². The zero-order valence-corrected chi connectivity index (χ0v) is 10.0. The van der Waals surface area contributed by atoms with E-state index in [0.29, 0.717) is 5.54 Å². The Hall–Kier alpha value is -1.31. The normalized spacial score (nSPS) is 17.6. The smallest absolute Gasteiger partial charge is 0.159 e. The van der Waals surface area contributed by atoms with Crippen LogP contribution in [0.5, 0.6) is 0 Å². The molecule has 0 atom stereocenters. The number of carbonyl (C=O) groups is 1. The SMILES string of the molecule is CCC1(Nc2ccc(C(C)=O)cc2)CCC1. The summed E-state index contributed by atoms with van der Waals surface area (Å²) in [4.78, 5) is 11.1. The van der Waals surface area contributed by atoms with Gasteiger partial charge in [-0.3, -0.25) is 4.79 Å². The van der Waals surface area contributed by atoms with Crippen LogP contribution in [0.2, 0.25) is 0 Å². The second kappa shape index (κ2) is 4.28. The molecule has 0 unspecified atom stereocenters. The quantitative estimate of drug-likeness (QED) is 0.780. The molecule has 2 rings (SSSR count). The number of carbonyl (C=O) groups excluding carboxylic acids is 1. The maximum Gasteiger partial charge on any atom is 0.159 e. The topological polar surface area (TPSA) is 29.1 Å². The van der Waals surface area contributed by atoms with E-state index in [-0.39, 0.29) is 5.78 Å². The van der Waals surface area contributed by atoms with Gasteiger partial charge in [-0.2, -0.15) is 0 Å². The maximum atomic E-state index is 11.1. The standard InChI is InChI=1S/C14H19NO/c1-3-14(9-4-10-14)15-13-7-5-12(6-8-13)11(2)16/h5-8,15H,3-4,9-10H2,1-2H3. The van der Waals surface area contributed by atoms with Crippen molar-refractivity contribution in [2.75, 3.05) is 5.32 Å². The fraction of sp³-hybridized carbons (Fsp3) is 0.500. The van der Waals surface area contributed by atoms with Crippen molar-refractivity contribution in [3.8, 4) is 0 Å². The van der Waals surface area contributed by atoms with Gasteiger partial charge in [0.2, 0.25) is 0 Å². The number of benzene rings is 1. The van der Waals surface area contributed by atoms with Crippen molar-refractivity contribution in [3.63, 3.8) is 0 Å². The predicted molar refractivity (Wildman–Crippen MR) is 66.9 cm³/mol. The van der Waals surface area contributed by atoms with Gasteiger partial charge in [-0.15, -0.1) is 0 Å². The van der Waals surface area contributed by atoms with E-state index >= 15 is 0 Å². The molecule has 0 aromatic heterocycles. The van der Waals surface area contributed by atoms with Gasteiger partial charge in [0.05, 0.1) is 0 Å². The molecular formula is C14H19NO. The molecule has 1 saturated carbocycles. The van der Waals surface area contributed by atoms with Crippen LogP contribution < -0.4 is 5.32 Å². The molecule has 2 nitrogen and oxygen atoms in total. The van der Waals surface area contributed by atoms with Crippen LogP contribution in [-0.4, -0.2) is 11.3 Å². The van der Waals surface area contributed by atoms with Crippen LogP contribution >= 0.6 is 0 Å². The third-order valence-corrected chi connectivity index (χ3v) is 3.69. The van der Waals surface area contributed by atoms with E-state index in [2.05, 4.69) is 12.2 Å². The molecule has 0 bridgehead atoms. The van der Waals surface area contributed by atoms with Crippen LogP contribution in [0.1, 0.15) is 49.9 Å². The lowest BCUT2D eigenvalue weighted by Gasteiger charge is -2.43. The van der Waals surface area contributed by atoms with E-state index in [1.54, 1.807) is 6.92 Å². The Morgan fingerprint density at radius 2 is 1.94 bits per heavy atom. The minimum atomic E-state index is 0.125. The van der Waals surface area contributed by atoms with Crippen LogP contribution in [0.4, 0.5) is 5.69 Å². The molecule has 0 aliphatic heterocycles. The molecule has 1 aliphatic rings. The predicted octanol–water partition coefficient (Wildman–Crippen LogP) is 3.63. The third kappa shape index (κ3) is 2.11. The number of ketones is 1. The van der Waals surface area contributed by atoms with Gasteiger partial charge in [0.15, 0.2) is 5.78 Å². The molecule has 86 valence electrons. The van der Waals surface area contributed by atoms with E-state index < -0.39 is 0 Å². The Morgan fingerprint density at radius 1 is 1.31 bits per heavy atom. The Bertz CT molecular complexity index is 371. The van der Waals surface area contributed by atoms with Crippen LogP contribution in [0.15, 0.2) is 24.3 Å². The molecule has 16 heavy (non-hydrogen) atoms. The molecule has 1 fully saturated rings. The van der Waals surface area contributed by atoms with E-state index in [4.69, 9.17) is 0 Å². The van der Waals surface area contributed by atoms with Gasteiger partial charge in [0.25, 0.3) is 0 Å². The number of hydrogen-bond donors (Lipinski definition) is 1. The van der Waals surface area contributed by atoms with Crippen molar-refractivity contribution in [3.05, 3.63) is 29.8 Å². The molecular weight excluding hydrogens is 198 g/mol. The first-order valence-electron chi connectivity index (χ1n) is 6.04. The second-order valence-electron chi connectivity index (χ2n) is 4.75. The summed E-state index contributed by atoms with van der Waals surface area (Å²) < 4.78 is 0. The lowest BCUT2D eigenvalue weighted by Crippen LogP contribution is -2.44. The summed E-state index contributed by atoms with van der Waals surface area (Å²) in [6.45, 7) is 3.83. The Labute approximate surface area is 97.1 Å². The Morgan fingerprint density at radius 3 is 2.31 bits per heavy atom. The highest BCUT2D eigenvalue weighted by molar-refractivity contribution is 5.94. The monoisotopic (exact) mass is 217 g/mol. The van der Waals surface area contributed by atoms with Gasteiger partial charge in [-0.05, 0) is 56.9 Å². The van der Waals surface area contributed by atoms with Gasteiger partial charge >= 0.3 is 0 Å². The number of anilines is 1.